The molecule has 110 valence electrons. The van der Waals surface area contributed by atoms with Crippen molar-refractivity contribution in [3.8, 4) is 5.75 Å². The Kier molecular flexibility index (Phi) is 5.66. The van der Waals surface area contributed by atoms with Crippen molar-refractivity contribution in [1.82, 2.24) is 4.72 Å². The molecule has 20 heavy (non-hydrogen) atoms. The largest absolute Gasteiger partial charge is 0.497 e. The Morgan fingerprint density at radius 2 is 2.15 bits per heavy atom. The second-order valence-electron chi connectivity index (χ2n) is 3.85. The minimum absolute atomic E-state index is 0.176. The van der Waals surface area contributed by atoms with Crippen molar-refractivity contribution in [2.45, 2.75) is 18.2 Å². The average molecular weight is 300 g/mol. The summed E-state index contributed by atoms with van der Waals surface area (Å²) in [5, 5.41) is 11.0. The maximum atomic E-state index is 12.0. The molecule has 0 aliphatic rings. The zero-order valence-corrected chi connectivity index (χ0v) is 12.0. The number of benzene rings is 1. The van der Waals surface area contributed by atoms with Crippen LogP contribution >= 0.6 is 0 Å². The molecule has 0 amide bonds. The Hall–Kier alpha value is -1.93. The van der Waals surface area contributed by atoms with Crippen LogP contribution in [0.1, 0.15) is 13.3 Å². The lowest BCUT2D eigenvalue weighted by Crippen LogP contribution is -2.25. The monoisotopic (exact) mass is 300 g/mol. The van der Waals surface area contributed by atoms with Crippen LogP contribution in [-0.4, -0.2) is 27.0 Å². The third kappa shape index (κ3) is 4.04. The number of nitrogens with one attached hydrogen (secondary N) is 1. The summed E-state index contributed by atoms with van der Waals surface area (Å²) in [5.74, 6) is 0.226. The van der Waals surface area contributed by atoms with E-state index in [2.05, 4.69) is 4.72 Å². The van der Waals surface area contributed by atoms with Gasteiger partial charge in [0, 0.05) is 6.54 Å². The smallest absolute Gasteiger partial charge is 0.293 e. The van der Waals surface area contributed by atoms with Crippen LogP contribution < -0.4 is 9.46 Å². The molecule has 8 heteroatoms. The average Bonchev–Trinajstić information content (AvgIpc) is 2.42. The molecule has 0 saturated carbocycles. The summed E-state index contributed by atoms with van der Waals surface area (Å²) < 4.78 is 31.3. The van der Waals surface area contributed by atoms with Crippen molar-refractivity contribution >= 4 is 15.7 Å². The molecule has 0 aliphatic heterocycles. The van der Waals surface area contributed by atoms with E-state index < -0.39 is 20.6 Å². The first-order valence-electron chi connectivity index (χ1n) is 5.85. The molecule has 1 rings (SSSR count). The van der Waals surface area contributed by atoms with E-state index in [0.29, 0.717) is 6.42 Å². The molecule has 1 N–H and O–H groups in total. The molecule has 0 atom stereocenters. The highest BCUT2D eigenvalue weighted by atomic mass is 32.2. The number of ether oxygens (including phenoxy) is 1. The van der Waals surface area contributed by atoms with Crippen LogP contribution in [0.15, 0.2) is 35.2 Å². The van der Waals surface area contributed by atoms with Crippen LogP contribution in [0.5, 0.6) is 5.75 Å². The van der Waals surface area contributed by atoms with Gasteiger partial charge in [-0.3, -0.25) is 10.1 Å². The lowest BCUT2D eigenvalue weighted by Gasteiger charge is -2.07. The molecule has 1 aromatic rings. The molecular formula is C12H16N2O5S. The van der Waals surface area contributed by atoms with E-state index >= 15 is 0 Å². The summed E-state index contributed by atoms with van der Waals surface area (Å²) in [6, 6.07) is 3.61. The van der Waals surface area contributed by atoms with Gasteiger partial charge in [0.2, 0.25) is 10.0 Å². The number of rotatable bonds is 7. The molecule has 0 saturated heterocycles. The van der Waals surface area contributed by atoms with Gasteiger partial charge >= 0.3 is 0 Å². The van der Waals surface area contributed by atoms with E-state index in [4.69, 9.17) is 4.74 Å². The Morgan fingerprint density at radius 1 is 1.45 bits per heavy atom. The summed E-state index contributed by atoms with van der Waals surface area (Å²) in [6.07, 6.45) is 4.11. The molecule has 7 nitrogen and oxygen atoms in total. The van der Waals surface area contributed by atoms with Gasteiger partial charge in [-0.05, 0) is 25.5 Å². The summed E-state index contributed by atoms with van der Waals surface area (Å²) >= 11 is 0. The highest BCUT2D eigenvalue weighted by Crippen LogP contribution is 2.28. The number of nitro benzene ring substituents is 1. The first-order chi connectivity index (χ1) is 9.42. The number of hydrogen-bond donors (Lipinski definition) is 1. The topological polar surface area (TPSA) is 98.5 Å². The van der Waals surface area contributed by atoms with Gasteiger partial charge in [0.25, 0.3) is 5.69 Å². The zero-order chi connectivity index (χ0) is 15.2. The second kappa shape index (κ2) is 7.01. The summed E-state index contributed by atoms with van der Waals surface area (Å²) in [4.78, 5) is 9.84. The minimum atomic E-state index is -3.92. The number of nitro groups is 1. The fraction of sp³-hybridized carbons (Fsp3) is 0.333. The van der Waals surface area contributed by atoms with Crippen molar-refractivity contribution in [2.75, 3.05) is 13.7 Å². The normalized spacial score (nSPS) is 11.7. The predicted octanol–water partition coefficient (Wildman–Crippen LogP) is 1.85. The van der Waals surface area contributed by atoms with E-state index in [-0.39, 0.29) is 17.2 Å². The van der Waals surface area contributed by atoms with Crippen molar-refractivity contribution in [3.63, 3.8) is 0 Å². The summed E-state index contributed by atoms with van der Waals surface area (Å²) in [6.45, 7) is 2.00. The fourth-order valence-corrected chi connectivity index (χ4v) is 2.71. The zero-order valence-electron chi connectivity index (χ0n) is 11.2. The van der Waals surface area contributed by atoms with Gasteiger partial charge in [0.1, 0.15) is 5.75 Å². The van der Waals surface area contributed by atoms with Crippen LogP contribution in [0.25, 0.3) is 0 Å². The highest BCUT2D eigenvalue weighted by Gasteiger charge is 2.25. The number of nitrogens with zero attached hydrogens (tertiary/aromatic N) is 1. The SMILES string of the molecule is C/C=C/CCNS(=O)(=O)c1ccc(OC)cc1[N+](=O)[O-]. The molecule has 0 bridgehead atoms. The van der Waals surface area contributed by atoms with Crippen molar-refractivity contribution in [3.05, 3.63) is 40.5 Å². The summed E-state index contributed by atoms with van der Waals surface area (Å²) in [5.41, 5.74) is -0.511. The first kappa shape index (κ1) is 16.1. The lowest BCUT2D eigenvalue weighted by molar-refractivity contribution is -0.387. The van der Waals surface area contributed by atoms with Gasteiger partial charge < -0.3 is 4.74 Å². The number of methoxy groups -OCH3 is 1. The van der Waals surface area contributed by atoms with Gasteiger partial charge in [0.05, 0.1) is 18.1 Å². The first-order valence-corrected chi connectivity index (χ1v) is 7.34. The van der Waals surface area contributed by atoms with E-state index in [1.807, 2.05) is 6.92 Å². The Morgan fingerprint density at radius 3 is 2.70 bits per heavy atom. The van der Waals surface area contributed by atoms with E-state index in [0.717, 1.165) is 12.1 Å². The molecule has 0 aliphatic carbocycles. The standard InChI is InChI=1S/C12H16N2O5S/c1-3-4-5-8-13-20(17,18)12-7-6-10(19-2)9-11(12)14(15)16/h3-4,6-7,9,13H,5,8H2,1-2H3/b4-3+. The molecule has 0 unspecified atom stereocenters. The van der Waals surface area contributed by atoms with E-state index in [1.54, 1.807) is 12.2 Å². The van der Waals surface area contributed by atoms with E-state index in [1.165, 1.54) is 13.2 Å². The van der Waals surface area contributed by atoms with Gasteiger partial charge in [-0.1, -0.05) is 12.2 Å². The molecule has 0 radical (unpaired) electrons. The Bertz CT molecular complexity index is 610. The fourth-order valence-electron chi connectivity index (χ4n) is 1.52. The van der Waals surface area contributed by atoms with Crippen LogP contribution in [0.4, 0.5) is 5.69 Å². The number of allylic oxidation sites excluding steroid dienone is 1. The maximum absolute atomic E-state index is 12.0. The molecule has 0 aromatic heterocycles. The third-order valence-corrected chi connectivity index (χ3v) is 4.00. The van der Waals surface area contributed by atoms with Crippen LogP contribution in [-0.2, 0) is 10.0 Å². The quantitative estimate of drug-likeness (QED) is 0.358. The Labute approximate surface area is 117 Å². The highest BCUT2D eigenvalue weighted by molar-refractivity contribution is 7.89. The van der Waals surface area contributed by atoms with Crippen LogP contribution in [0.3, 0.4) is 0 Å². The van der Waals surface area contributed by atoms with E-state index in [9.17, 15) is 18.5 Å². The number of sulfonamides is 1. The molecule has 0 spiro atoms. The second-order valence-corrected chi connectivity index (χ2v) is 5.58. The van der Waals surface area contributed by atoms with Crippen molar-refractivity contribution < 1.29 is 18.1 Å². The molecule has 0 fully saturated rings. The Balaban J connectivity index is 3.07. The third-order valence-electron chi connectivity index (χ3n) is 2.49. The lowest BCUT2D eigenvalue weighted by atomic mass is 10.3. The molecule has 0 heterocycles. The molecular weight excluding hydrogens is 284 g/mol. The number of hydrogen-bond acceptors (Lipinski definition) is 5. The van der Waals surface area contributed by atoms with Gasteiger partial charge in [0.15, 0.2) is 4.90 Å². The maximum Gasteiger partial charge on any atom is 0.293 e. The molecule has 1 aromatic carbocycles. The van der Waals surface area contributed by atoms with Crippen molar-refractivity contribution in [1.29, 1.82) is 0 Å². The predicted molar refractivity (Wildman–Crippen MR) is 74.3 cm³/mol. The van der Waals surface area contributed by atoms with Gasteiger partial charge in [-0.15, -0.1) is 0 Å². The summed E-state index contributed by atoms with van der Waals surface area (Å²) in [7, 11) is -2.57. The van der Waals surface area contributed by atoms with Crippen LogP contribution in [0, 0.1) is 10.1 Å². The van der Waals surface area contributed by atoms with Crippen molar-refractivity contribution in [2.24, 2.45) is 0 Å². The van der Waals surface area contributed by atoms with Gasteiger partial charge in [-0.25, -0.2) is 13.1 Å². The minimum Gasteiger partial charge on any atom is -0.497 e. The van der Waals surface area contributed by atoms with Gasteiger partial charge in [-0.2, -0.15) is 0 Å². The van der Waals surface area contributed by atoms with Crippen LogP contribution in [0.2, 0.25) is 0 Å².